The summed E-state index contributed by atoms with van der Waals surface area (Å²) in [7, 11) is 0. The quantitative estimate of drug-likeness (QED) is 0.492. The predicted molar refractivity (Wildman–Crippen MR) is 89.9 cm³/mol. The molecule has 0 aliphatic rings. The predicted octanol–water partition coefficient (Wildman–Crippen LogP) is 2.54. The molecule has 1 heterocycles. The Morgan fingerprint density at radius 1 is 1.29 bits per heavy atom. The number of amides is 1. The monoisotopic (exact) mass is 349 g/mol. The Balaban J connectivity index is 2.18. The highest BCUT2D eigenvalue weighted by atomic mass is 32.2. The van der Waals surface area contributed by atoms with E-state index in [0.717, 1.165) is 11.8 Å². The first kappa shape index (κ1) is 17.9. The fraction of sp³-hybridized carbons (Fsp3) is 0.250. The molecule has 8 heteroatoms. The Hall–Kier alpha value is -2.48. The maximum absolute atomic E-state index is 12.9. The van der Waals surface area contributed by atoms with Gasteiger partial charge in [-0.2, -0.15) is 4.98 Å². The molecule has 2 rings (SSSR count). The van der Waals surface area contributed by atoms with Crippen molar-refractivity contribution < 1.29 is 14.0 Å². The van der Waals surface area contributed by atoms with Crippen LogP contribution in [0.1, 0.15) is 29.9 Å². The number of benzene rings is 1. The molecule has 6 nitrogen and oxygen atoms in total. The number of carbonyl (C=O) groups excluding carboxylic acids is 2. The van der Waals surface area contributed by atoms with E-state index in [4.69, 9.17) is 0 Å². The fourth-order valence-corrected chi connectivity index (χ4v) is 3.11. The van der Waals surface area contributed by atoms with Gasteiger partial charge in [-0.3, -0.25) is 9.59 Å². The minimum Gasteiger partial charge on any atom is -0.325 e. The van der Waals surface area contributed by atoms with E-state index in [0.29, 0.717) is 16.9 Å². The number of H-pyrrole nitrogens is 1. The summed E-state index contributed by atoms with van der Waals surface area (Å²) in [6, 6.07) is 5.37. The number of anilines is 1. The van der Waals surface area contributed by atoms with E-state index in [1.807, 2.05) is 0 Å². The number of halogens is 1. The van der Waals surface area contributed by atoms with Gasteiger partial charge in [-0.25, -0.2) is 9.18 Å². The largest absolute Gasteiger partial charge is 0.346 e. The zero-order valence-corrected chi connectivity index (χ0v) is 14.2. The van der Waals surface area contributed by atoms with Crippen molar-refractivity contribution in [1.29, 1.82) is 0 Å². The molecule has 24 heavy (non-hydrogen) atoms. The van der Waals surface area contributed by atoms with Crippen molar-refractivity contribution in [2.45, 2.75) is 31.0 Å². The minimum absolute atomic E-state index is 0.213. The lowest BCUT2D eigenvalue weighted by molar-refractivity contribution is -0.115. The molecule has 0 radical (unpaired) electrons. The number of aryl methyl sites for hydroxylation is 1. The van der Waals surface area contributed by atoms with Crippen LogP contribution in [0, 0.1) is 12.7 Å². The molecule has 126 valence electrons. The van der Waals surface area contributed by atoms with Crippen molar-refractivity contribution in [3.63, 3.8) is 0 Å². The number of aromatic nitrogens is 2. The van der Waals surface area contributed by atoms with Gasteiger partial charge in [-0.1, -0.05) is 11.8 Å². The van der Waals surface area contributed by atoms with Gasteiger partial charge in [0, 0.05) is 11.4 Å². The third-order valence-corrected chi connectivity index (χ3v) is 4.29. The number of hydrogen-bond donors (Lipinski definition) is 2. The second-order valence-corrected chi connectivity index (χ2v) is 6.49. The van der Waals surface area contributed by atoms with E-state index >= 15 is 0 Å². The normalized spacial score (nSPS) is 11.8. The Morgan fingerprint density at radius 3 is 2.50 bits per heavy atom. The van der Waals surface area contributed by atoms with Crippen LogP contribution in [0.2, 0.25) is 0 Å². The zero-order valence-electron chi connectivity index (χ0n) is 13.3. The average molecular weight is 349 g/mol. The van der Waals surface area contributed by atoms with Crippen molar-refractivity contribution in [3.8, 4) is 0 Å². The number of ketones is 1. The molecule has 0 spiro atoms. The highest BCUT2D eigenvalue weighted by molar-refractivity contribution is 8.00. The molecular weight excluding hydrogens is 333 g/mol. The van der Waals surface area contributed by atoms with Crippen LogP contribution in [0.25, 0.3) is 0 Å². The van der Waals surface area contributed by atoms with Crippen molar-refractivity contribution in [1.82, 2.24) is 9.97 Å². The van der Waals surface area contributed by atoms with E-state index in [1.165, 1.54) is 31.2 Å². The summed E-state index contributed by atoms with van der Waals surface area (Å²) in [5.74, 6) is -0.990. The number of thioether (sulfide) groups is 1. The van der Waals surface area contributed by atoms with Crippen LogP contribution in [0.3, 0.4) is 0 Å². The molecule has 0 bridgehead atoms. The Labute approximate surface area is 141 Å². The van der Waals surface area contributed by atoms with Gasteiger partial charge in [0.1, 0.15) is 10.8 Å². The number of nitrogens with one attached hydrogen (secondary N) is 2. The number of aromatic amines is 1. The molecule has 0 fully saturated rings. The molecule has 1 amide bonds. The summed E-state index contributed by atoms with van der Waals surface area (Å²) in [5, 5.41) is 2.25. The van der Waals surface area contributed by atoms with Crippen molar-refractivity contribution in [2.24, 2.45) is 0 Å². The molecule has 0 saturated heterocycles. The Bertz CT molecular complexity index is 833. The first-order valence-corrected chi connectivity index (χ1v) is 8.01. The lowest BCUT2D eigenvalue weighted by atomic mass is 10.2. The van der Waals surface area contributed by atoms with Gasteiger partial charge in [0.2, 0.25) is 5.91 Å². The lowest BCUT2D eigenvalue weighted by Gasteiger charge is -2.13. The van der Waals surface area contributed by atoms with Crippen LogP contribution in [-0.2, 0) is 4.79 Å². The van der Waals surface area contributed by atoms with Gasteiger partial charge in [-0.05, 0) is 45.0 Å². The van der Waals surface area contributed by atoms with Gasteiger partial charge in [0.05, 0.1) is 10.8 Å². The Morgan fingerprint density at radius 2 is 1.92 bits per heavy atom. The van der Waals surface area contributed by atoms with Crippen LogP contribution in [-0.4, -0.2) is 26.9 Å². The summed E-state index contributed by atoms with van der Waals surface area (Å²) < 4.78 is 12.9. The van der Waals surface area contributed by atoms with Crippen molar-refractivity contribution >= 4 is 29.1 Å². The third kappa shape index (κ3) is 4.29. The summed E-state index contributed by atoms with van der Waals surface area (Å²) in [6.07, 6.45) is 0. The summed E-state index contributed by atoms with van der Waals surface area (Å²) in [5.41, 5.74) is 0.582. The van der Waals surface area contributed by atoms with Gasteiger partial charge in [0.25, 0.3) is 0 Å². The minimum atomic E-state index is -0.609. The van der Waals surface area contributed by atoms with Crippen molar-refractivity contribution in [2.75, 3.05) is 5.32 Å². The maximum Gasteiger partial charge on any atom is 0.346 e. The topological polar surface area (TPSA) is 91.9 Å². The molecule has 0 saturated carbocycles. The van der Waals surface area contributed by atoms with Crippen LogP contribution < -0.4 is 11.0 Å². The number of nitrogens with zero attached hydrogens (tertiary/aromatic N) is 1. The highest BCUT2D eigenvalue weighted by Crippen LogP contribution is 2.26. The molecule has 1 unspecified atom stereocenters. The average Bonchev–Trinajstić information content (AvgIpc) is 2.48. The summed E-state index contributed by atoms with van der Waals surface area (Å²) >= 11 is 1.02. The standard InChI is InChI=1S/C16H16FN3O3S/c1-8-13(9(2)21)15(20-16(23)18-8)24-10(3)14(22)19-12-6-4-11(17)5-7-12/h4-7,10H,1-3H3,(H,19,22)(H,18,20,23). The molecule has 2 aromatic rings. The lowest BCUT2D eigenvalue weighted by Crippen LogP contribution is -2.24. The van der Waals surface area contributed by atoms with Crippen LogP contribution in [0.4, 0.5) is 10.1 Å². The van der Waals surface area contributed by atoms with Gasteiger partial charge in [0.15, 0.2) is 5.78 Å². The highest BCUT2D eigenvalue weighted by Gasteiger charge is 2.21. The van der Waals surface area contributed by atoms with Gasteiger partial charge >= 0.3 is 5.69 Å². The summed E-state index contributed by atoms with van der Waals surface area (Å²) in [4.78, 5) is 41.8. The summed E-state index contributed by atoms with van der Waals surface area (Å²) in [6.45, 7) is 4.61. The maximum atomic E-state index is 12.9. The number of rotatable bonds is 5. The van der Waals surface area contributed by atoms with Crippen LogP contribution in [0.15, 0.2) is 34.1 Å². The fourth-order valence-electron chi connectivity index (χ4n) is 2.06. The smallest absolute Gasteiger partial charge is 0.325 e. The van der Waals surface area contributed by atoms with E-state index in [9.17, 15) is 18.8 Å². The van der Waals surface area contributed by atoms with Gasteiger partial charge < -0.3 is 10.3 Å². The Kier molecular flexibility index (Phi) is 5.50. The van der Waals surface area contributed by atoms with E-state index in [2.05, 4.69) is 15.3 Å². The molecular formula is C16H16FN3O3S. The SMILES string of the molecule is CC(=O)c1c(SC(C)C(=O)Nc2ccc(F)cc2)nc(=O)[nH]c1C. The molecule has 2 N–H and O–H groups in total. The number of Topliss-reactive ketones (excluding diaryl/α,β-unsaturated/α-hetero) is 1. The molecule has 1 atom stereocenters. The first-order valence-electron chi connectivity index (χ1n) is 7.13. The van der Waals surface area contributed by atoms with Crippen molar-refractivity contribution in [3.05, 3.63) is 51.8 Å². The third-order valence-electron chi connectivity index (χ3n) is 3.21. The van der Waals surface area contributed by atoms with E-state index in [-0.39, 0.29) is 16.7 Å². The molecule has 1 aromatic carbocycles. The van der Waals surface area contributed by atoms with Gasteiger partial charge in [-0.15, -0.1) is 0 Å². The number of hydrogen-bond acceptors (Lipinski definition) is 5. The number of carbonyl (C=O) groups is 2. The second-order valence-electron chi connectivity index (χ2n) is 5.16. The second kappa shape index (κ2) is 7.39. The molecule has 1 aromatic heterocycles. The zero-order chi connectivity index (χ0) is 17.9. The van der Waals surface area contributed by atoms with Crippen LogP contribution in [0.5, 0.6) is 0 Å². The van der Waals surface area contributed by atoms with Crippen LogP contribution >= 0.6 is 11.8 Å². The first-order chi connectivity index (χ1) is 11.3. The van der Waals surface area contributed by atoms with E-state index < -0.39 is 16.8 Å². The molecule has 0 aliphatic carbocycles. The van der Waals surface area contributed by atoms with E-state index in [1.54, 1.807) is 13.8 Å². The molecule has 0 aliphatic heterocycles.